The van der Waals surface area contributed by atoms with Gasteiger partial charge in [0.15, 0.2) is 12.1 Å². The molecule has 2 N–H and O–H groups in total. The summed E-state index contributed by atoms with van der Waals surface area (Å²) >= 11 is 0. The smallest absolute Gasteiger partial charge is 0.319 e. The zero-order chi connectivity index (χ0) is 35.6. The topological polar surface area (TPSA) is 136 Å². The molecule has 12 heteroatoms. The molecule has 1 aromatic rings. The number of carbonyl (C=O) groups is 2. The van der Waals surface area contributed by atoms with Crippen molar-refractivity contribution in [1.82, 2.24) is 25.1 Å². The Bertz CT molecular complexity index is 1140. The van der Waals surface area contributed by atoms with Gasteiger partial charge in [-0.2, -0.15) is 0 Å². The Hall–Kier alpha value is -2.06. The van der Waals surface area contributed by atoms with Gasteiger partial charge in [-0.3, -0.25) is 14.5 Å². The van der Waals surface area contributed by atoms with E-state index in [4.69, 9.17) is 18.9 Å². The normalized spacial score (nSPS) is 34.2. The zero-order valence-electron chi connectivity index (χ0n) is 31.1. The van der Waals surface area contributed by atoms with Crippen LogP contribution in [0.15, 0.2) is 18.7 Å². The number of esters is 1. The minimum atomic E-state index is -1.43. The molecule has 2 saturated heterocycles. The van der Waals surface area contributed by atoms with Crippen molar-refractivity contribution in [1.29, 1.82) is 0 Å². The molecule has 48 heavy (non-hydrogen) atoms. The number of aliphatic hydroxyl groups excluding tert-OH is 1. The van der Waals surface area contributed by atoms with E-state index in [-0.39, 0.29) is 36.5 Å². The number of aliphatic hydroxyl groups is 1. The lowest BCUT2D eigenvalue weighted by molar-refractivity contribution is -0.295. The summed E-state index contributed by atoms with van der Waals surface area (Å²) in [5.41, 5.74) is -1.34. The van der Waals surface area contributed by atoms with E-state index in [1.807, 2.05) is 32.8 Å². The van der Waals surface area contributed by atoms with Gasteiger partial charge in [0.2, 0.25) is 0 Å². The molecule has 0 bridgehead atoms. The Balaban J connectivity index is 1.89. The van der Waals surface area contributed by atoms with Crippen molar-refractivity contribution < 1.29 is 33.6 Å². The molecular formula is C36H63N5O7. The second-order valence-electron chi connectivity index (χ2n) is 15.0. The van der Waals surface area contributed by atoms with Gasteiger partial charge in [-0.1, -0.05) is 20.8 Å². The predicted molar refractivity (Wildman–Crippen MR) is 184 cm³/mol. The van der Waals surface area contributed by atoms with Crippen LogP contribution in [0.3, 0.4) is 0 Å². The van der Waals surface area contributed by atoms with E-state index in [0.29, 0.717) is 19.4 Å². The van der Waals surface area contributed by atoms with Gasteiger partial charge in [0.1, 0.15) is 24.5 Å². The van der Waals surface area contributed by atoms with Crippen LogP contribution in [-0.2, 0) is 35.1 Å². The van der Waals surface area contributed by atoms with Crippen LogP contribution in [0.4, 0.5) is 0 Å². The number of nitrogens with zero attached hydrogens (tertiary/aromatic N) is 4. The van der Waals surface area contributed by atoms with Crippen LogP contribution in [-0.4, -0.2) is 126 Å². The number of cyclic esters (lactones) is 1. The van der Waals surface area contributed by atoms with Gasteiger partial charge >= 0.3 is 5.97 Å². The van der Waals surface area contributed by atoms with Gasteiger partial charge in [-0.25, -0.2) is 9.97 Å². The van der Waals surface area contributed by atoms with Crippen LogP contribution in [0.2, 0.25) is 0 Å². The highest BCUT2D eigenvalue weighted by atomic mass is 16.7. The summed E-state index contributed by atoms with van der Waals surface area (Å²) in [5, 5.41) is 14.8. The molecule has 0 amide bonds. The number of likely N-dealkylation sites (N-methyl/N-ethyl adjacent to an activating group) is 1. The van der Waals surface area contributed by atoms with Crippen LogP contribution in [0.5, 0.6) is 0 Å². The van der Waals surface area contributed by atoms with Gasteiger partial charge in [0.05, 0.1) is 17.8 Å². The highest BCUT2D eigenvalue weighted by Crippen LogP contribution is 2.38. The SMILES string of the molecule is CCCN1C[C@H](C)C[C@@](C)(OC)[C@H](O[C@@H]2O[C@H](C)C[C@H](N(C)C)[C@H]2O)[C@@H](C)C(=O)C(C)(C)C(=O)OC[C@H]1CCCNCc1cncnc1. The van der Waals surface area contributed by atoms with Crippen molar-refractivity contribution in [3.05, 3.63) is 24.3 Å². The average molecular weight is 678 g/mol. The zero-order valence-corrected chi connectivity index (χ0v) is 31.1. The molecule has 12 nitrogen and oxygen atoms in total. The average Bonchev–Trinajstić information content (AvgIpc) is 3.05. The van der Waals surface area contributed by atoms with E-state index in [1.165, 1.54) is 6.33 Å². The van der Waals surface area contributed by atoms with Crippen LogP contribution in [0, 0.1) is 17.3 Å². The lowest BCUT2D eigenvalue weighted by Crippen LogP contribution is -2.59. The first-order chi connectivity index (χ1) is 22.6. The van der Waals surface area contributed by atoms with Crippen molar-refractivity contribution >= 4 is 11.8 Å². The van der Waals surface area contributed by atoms with E-state index < -0.39 is 41.4 Å². The fourth-order valence-corrected chi connectivity index (χ4v) is 7.42. The number of ether oxygens (including phenoxy) is 4. The summed E-state index contributed by atoms with van der Waals surface area (Å²) in [6, 6.07) is -0.195. The number of nitrogens with one attached hydrogen (secondary N) is 1. The third-order valence-electron chi connectivity index (χ3n) is 10.2. The third kappa shape index (κ3) is 10.5. The minimum absolute atomic E-state index is 0.0154. The van der Waals surface area contributed by atoms with Gasteiger partial charge in [0.25, 0.3) is 0 Å². The summed E-state index contributed by atoms with van der Waals surface area (Å²) in [4.78, 5) is 40.5. The number of carbonyl (C=O) groups excluding carboxylic acids is 2. The molecule has 0 aromatic carbocycles. The summed E-state index contributed by atoms with van der Waals surface area (Å²) in [5.74, 6) is -1.47. The van der Waals surface area contributed by atoms with E-state index in [0.717, 1.165) is 44.5 Å². The van der Waals surface area contributed by atoms with E-state index in [9.17, 15) is 14.7 Å². The molecule has 0 unspecified atom stereocenters. The molecule has 3 heterocycles. The molecule has 0 saturated carbocycles. The summed E-state index contributed by atoms with van der Waals surface area (Å²) in [6.45, 7) is 16.6. The number of rotatable bonds is 12. The van der Waals surface area contributed by atoms with Crippen LogP contribution < -0.4 is 5.32 Å². The molecule has 0 radical (unpaired) electrons. The highest BCUT2D eigenvalue weighted by molar-refractivity contribution is 6.04. The Labute approximate surface area is 288 Å². The predicted octanol–water partition coefficient (Wildman–Crippen LogP) is 3.46. The molecule has 9 atom stereocenters. The molecule has 3 rings (SSSR count). The summed E-state index contributed by atoms with van der Waals surface area (Å²) in [6.07, 6.45) is 6.13. The van der Waals surface area contributed by atoms with Gasteiger partial charge in [0, 0.05) is 56.2 Å². The molecule has 0 spiro atoms. The van der Waals surface area contributed by atoms with Crippen molar-refractivity contribution in [2.45, 2.75) is 129 Å². The molecular weight excluding hydrogens is 614 g/mol. The largest absolute Gasteiger partial charge is 0.463 e. The highest BCUT2D eigenvalue weighted by Gasteiger charge is 2.51. The Morgan fingerprint density at radius 1 is 1.15 bits per heavy atom. The molecule has 1 aromatic heterocycles. The van der Waals surface area contributed by atoms with Crippen LogP contribution >= 0.6 is 0 Å². The maximum Gasteiger partial charge on any atom is 0.319 e. The van der Waals surface area contributed by atoms with Crippen LogP contribution in [0.1, 0.15) is 86.1 Å². The van der Waals surface area contributed by atoms with Gasteiger partial charge in [-0.05, 0) is 92.9 Å². The van der Waals surface area contributed by atoms with Crippen molar-refractivity contribution in [3.63, 3.8) is 0 Å². The molecule has 2 aliphatic rings. The van der Waals surface area contributed by atoms with E-state index >= 15 is 0 Å². The number of hydrogen-bond acceptors (Lipinski definition) is 12. The van der Waals surface area contributed by atoms with Crippen LogP contribution in [0.25, 0.3) is 0 Å². The fourth-order valence-electron chi connectivity index (χ4n) is 7.42. The first kappa shape index (κ1) is 40.4. The number of aromatic nitrogens is 2. The maximum atomic E-state index is 14.3. The van der Waals surface area contributed by atoms with Crippen molar-refractivity contribution in [3.8, 4) is 0 Å². The second-order valence-corrected chi connectivity index (χ2v) is 15.0. The monoisotopic (exact) mass is 677 g/mol. The van der Waals surface area contributed by atoms with Gasteiger partial charge < -0.3 is 34.3 Å². The quantitative estimate of drug-likeness (QED) is 0.191. The first-order valence-corrected chi connectivity index (χ1v) is 17.7. The first-order valence-electron chi connectivity index (χ1n) is 17.7. The summed E-state index contributed by atoms with van der Waals surface area (Å²) in [7, 11) is 5.49. The number of methoxy groups -OCH3 is 1. The van der Waals surface area contributed by atoms with Crippen molar-refractivity contribution in [2.75, 3.05) is 47.4 Å². The van der Waals surface area contributed by atoms with E-state index in [2.05, 4.69) is 34.0 Å². The second kappa shape index (κ2) is 18.3. The number of hydrogen-bond donors (Lipinski definition) is 2. The minimum Gasteiger partial charge on any atom is -0.463 e. The standard InChI is InChI=1S/C36H63N5O7/c1-11-15-41-21-24(2)17-36(7,45-10)32(48-33-30(42)29(40(8)9)16-25(3)47-33)26(4)31(43)35(5,6)34(44)46-22-28(41)13-12-14-37-18-27-19-38-23-39-20-27/h19-20,23-26,28-30,32-33,37,42H,11-18,21-22H2,1-10H3/t24-,25-,26+,28-,29+,30-,32-,33+,36-/m1/s1. The maximum absolute atomic E-state index is 14.3. The Morgan fingerprint density at radius 3 is 2.46 bits per heavy atom. The lowest BCUT2D eigenvalue weighted by atomic mass is 9.74. The lowest BCUT2D eigenvalue weighted by Gasteiger charge is -2.47. The number of ketones is 1. The van der Waals surface area contributed by atoms with Gasteiger partial charge in [-0.15, -0.1) is 0 Å². The molecule has 2 aliphatic heterocycles. The van der Waals surface area contributed by atoms with Crippen molar-refractivity contribution in [2.24, 2.45) is 17.3 Å². The Morgan fingerprint density at radius 2 is 1.83 bits per heavy atom. The molecule has 0 aliphatic carbocycles. The third-order valence-corrected chi connectivity index (χ3v) is 10.2. The van der Waals surface area contributed by atoms with E-state index in [1.54, 1.807) is 40.3 Å². The number of Topliss-reactive ketones (excluding diaryl/α,β-unsaturated/α-hetero) is 1. The fraction of sp³-hybridized carbons (Fsp3) is 0.833. The molecule has 2 fully saturated rings. The molecule has 274 valence electrons. The Kier molecular flexibility index (Phi) is 15.4. The summed E-state index contributed by atoms with van der Waals surface area (Å²) < 4.78 is 25.1.